The van der Waals surface area contributed by atoms with E-state index in [9.17, 15) is 9.90 Å². The van der Waals surface area contributed by atoms with Crippen molar-refractivity contribution in [2.24, 2.45) is 5.41 Å². The fourth-order valence-corrected chi connectivity index (χ4v) is 8.40. The van der Waals surface area contributed by atoms with Gasteiger partial charge in [-0.25, -0.2) is 9.67 Å². The summed E-state index contributed by atoms with van der Waals surface area (Å²) < 4.78 is 19.3. The summed E-state index contributed by atoms with van der Waals surface area (Å²) in [4.78, 5) is 21.2. The predicted molar refractivity (Wildman–Crippen MR) is 196 cm³/mol. The molecular weight excluding hydrogens is 668 g/mol. The Labute approximate surface area is 301 Å². The van der Waals surface area contributed by atoms with Gasteiger partial charge in [0, 0.05) is 91.9 Å². The number of hydrogen-bond acceptors (Lipinski definition) is 9. The summed E-state index contributed by atoms with van der Waals surface area (Å²) in [5.41, 5.74) is 6.35. The van der Waals surface area contributed by atoms with E-state index >= 15 is 0 Å². The van der Waals surface area contributed by atoms with Crippen LogP contribution in [0, 0.1) is 5.41 Å². The van der Waals surface area contributed by atoms with Gasteiger partial charge in [0.15, 0.2) is 0 Å². The predicted octanol–water partition coefficient (Wildman–Crippen LogP) is 5.32. The first-order valence-electron chi connectivity index (χ1n) is 17.1. The number of nitrogens with one attached hydrogen (secondary N) is 1. The molecule has 11 nitrogen and oxygen atoms in total. The van der Waals surface area contributed by atoms with E-state index < -0.39 is 5.60 Å². The highest BCUT2D eigenvalue weighted by atomic mass is 35.5. The number of rotatable bonds is 10. The maximum atomic E-state index is 11.8. The van der Waals surface area contributed by atoms with Crippen LogP contribution in [0.25, 0.3) is 39.0 Å². The topological polar surface area (TPSA) is 114 Å². The monoisotopic (exact) mass is 708 g/mol. The van der Waals surface area contributed by atoms with Crippen molar-refractivity contribution in [3.8, 4) is 45.5 Å². The molecule has 12 heteroatoms. The summed E-state index contributed by atoms with van der Waals surface area (Å²) in [5, 5.41) is 19.5. The highest BCUT2D eigenvalue weighted by Crippen LogP contribution is 2.42. The minimum absolute atomic E-state index is 0.0632. The van der Waals surface area contributed by atoms with Gasteiger partial charge < -0.3 is 24.6 Å². The van der Waals surface area contributed by atoms with Crippen LogP contribution in [-0.2, 0) is 17.9 Å². The second-order valence-corrected chi connectivity index (χ2v) is 14.8. The van der Waals surface area contributed by atoms with Gasteiger partial charge >= 0.3 is 0 Å². The van der Waals surface area contributed by atoms with Crippen molar-refractivity contribution in [3.05, 3.63) is 83.0 Å². The molecule has 3 aliphatic heterocycles. The lowest BCUT2D eigenvalue weighted by molar-refractivity contribution is -0.120. The highest BCUT2D eigenvalue weighted by Gasteiger charge is 2.48. The maximum absolute atomic E-state index is 11.8. The molecule has 3 aromatic carbocycles. The molecule has 264 valence electrons. The number of aromatic nitrogens is 3. The minimum atomic E-state index is -0.668. The number of methoxy groups -OCH3 is 3. The van der Waals surface area contributed by atoms with Crippen molar-refractivity contribution in [3.63, 3.8) is 0 Å². The summed E-state index contributed by atoms with van der Waals surface area (Å²) in [6.45, 7) is 6.84. The lowest BCUT2D eigenvalue weighted by atomic mass is 9.79. The van der Waals surface area contributed by atoms with Crippen molar-refractivity contribution in [1.82, 2.24) is 29.9 Å². The molecule has 2 N–H and O–H groups in total. The van der Waals surface area contributed by atoms with Crippen LogP contribution in [0.1, 0.15) is 24.5 Å². The van der Waals surface area contributed by atoms with Crippen LogP contribution in [0.15, 0.2) is 66.9 Å². The zero-order valence-corrected chi connectivity index (χ0v) is 30.0. The van der Waals surface area contributed by atoms with E-state index in [-0.39, 0.29) is 11.3 Å². The summed E-state index contributed by atoms with van der Waals surface area (Å²) in [6.07, 6.45) is 2.46. The molecule has 2 aromatic heterocycles. The van der Waals surface area contributed by atoms with Gasteiger partial charge in [0.2, 0.25) is 11.8 Å². The number of β-amino-alcohol motifs (C(OH)–C–C–N with tert-alkyl or cyclic N) is 1. The molecule has 3 aliphatic rings. The number of fused-ring (bicyclic) bond motifs is 1. The Morgan fingerprint density at radius 3 is 2.24 bits per heavy atom. The van der Waals surface area contributed by atoms with Gasteiger partial charge in [-0.3, -0.25) is 14.6 Å². The van der Waals surface area contributed by atoms with Gasteiger partial charge in [-0.05, 0) is 24.6 Å². The van der Waals surface area contributed by atoms with Gasteiger partial charge in [-0.1, -0.05) is 48.0 Å². The van der Waals surface area contributed by atoms with Gasteiger partial charge in [-0.2, -0.15) is 5.10 Å². The minimum Gasteiger partial charge on any atom is -0.496 e. The summed E-state index contributed by atoms with van der Waals surface area (Å²) in [7, 11) is 4.94. The smallest absolute Gasteiger partial charge is 0.220 e. The first-order chi connectivity index (χ1) is 24.6. The number of carbonyl (C=O) groups is 1. The summed E-state index contributed by atoms with van der Waals surface area (Å²) in [6, 6.07) is 20.1. The molecule has 5 heterocycles. The van der Waals surface area contributed by atoms with Crippen LogP contribution >= 0.6 is 11.6 Å². The van der Waals surface area contributed by atoms with Crippen molar-refractivity contribution < 1.29 is 24.1 Å². The summed E-state index contributed by atoms with van der Waals surface area (Å²) >= 11 is 7.20. The molecule has 3 fully saturated rings. The van der Waals surface area contributed by atoms with Crippen molar-refractivity contribution in [2.75, 3.05) is 54.1 Å². The number of hydrogen-bond donors (Lipinski definition) is 2. The van der Waals surface area contributed by atoms with E-state index in [2.05, 4.69) is 27.2 Å². The SMILES string of the molecule is COc1cc(-n2ncc3c(-c4cccc(-c5ccc(CN6CC7(CNC(=O)C7)C6)c(OC)n5)c4Cl)cccc32)cc(OC)c1CN1CC(C)(O)C1. The largest absolute Gasteiger partial charge is 0.496 e. The molecule has 3 saturated heterocycles. The molecule has 0 atom stereocenters. The molecule has 0 aliphatic carbocycles. The molecule has 5 aromatic rings. The third kappa shape index (κ3) is 6.08. The fraction of sp³-hybridized carbons (Fsp3) is 0.359. The van der Waals surface area contributed by atoms with E-state index in [1.165, 1.54) is 0 Å². The van der Waals surface area contributed by atoms with Crippen LogP contribution in [0.5, 0.6) is 17.4 Å². The standard InChI is InChI=1S/C39H41ClN6O5/c1-38(48)20-45(21-38)18-30-33(49-2)13-25(14-34(30)50-3)46-32-10-6-7-26(29(32)16-42-46)27-8-5-9-28(36(27)40)31-12-11-24(37(43-31)51-4)17-44-22-39(23-44)15-35(47)41-19-39/h5-14,16,48H,15,17-23H2,1-4H3,(H,41,47). The van der Waals surface area contributed by atoms with Crippen molar-refractivity contribution in [1.29, 1.82) is 0 Å². The van der Waals surface area contributed by atoms with Crippen LogP contribution in [-0.4, -0.2) is 95.2 Å². The van der Waals surface area contributed by atoms with E-state index in [0.29, 0.717) is 55.0 Å². The lowest BCUT2D eigenvalue weighted by Crippen LogP contribution is -2.59. The molecule has 8 rings (SSSR count). The Morgan fingerprint density at radius 2 is 1.57 bits per heavy atom. The van der Waals surface area contributed by atoms with Crippen molar-refractivity contribution >= 4 is 28.4 Å². The third-order valence-electron chi connectivity index (χ3n) is 10.4. The number of pyridine rings is 1. The number of halogens is 1. The second-order valence-electron chi connectivity index (χ2n) is 14.4. The molecular formula is C39H41ClN6O5. The number of aliphatic hydroxyl groups is 1. The number of ether oxygens (including phenoxy) is 3. The van der Waals surface area contributed by atoms with E-state index in [4.69, 9.17) is 35.9 Å². The first kappa shape index (κ1) is 33.5. The van der Waals surface area contributed by atoms with Gasteiger partial charge in [-0.15, -0.1) is 0 Å². The van der Waals surface area contributed by atoms with Crippen LogP contribution in [0.3, 0.4) is 0 Å². The Balaban J connectivity index is 1.08. The number of likely N-dealkylation sites (tertiary alicyclic amines) is 2. The lowest BCUT2D eigenvalue weighted by Gasteiger charge is -2.47. The Hall–Kier alpha value is -4.68. The summed E-state index contributed by atoms with van der Waals surface area (Å²) in [5.74, 6) is 2.09. The average Bonchev–Trinajstić information content (AvgIpc) is 3.72. The quantitative estimate of drug-likeness (QED) is 0.199. The second kappa shape index (κ2) is 12.8. The third-order valence-corrected chi connectivity index (χ3v) is 10.8. The Bertz CT molecular complexity index is 2130. The molecule has 0 unspecified atom stereocenters. The fourth-order valence-electron chi connectivity index (χ4n) is 8.08. The number of carbonyl (C=O) groups excluding carboxylic acids is 1. The maximum Gasteiger partial charge on any atom is 0.220 e. The zero-order valence-electron chi connectivity index (χ0n) is 29.2. The number of benzene rings is 3. The Kier molecular flexibility index (Phi) is 8.41. The van der Waals surface area contributed by atoms with Gasteiger partial charge in [0.25, 0.3) is 0 Å². The highest BCUT2D eigenvalue weighted by molar-refractivity contribution is 6.36. The average molecular weight is 709 g/mol. The molecule has 1 amide bonds. The molecule has 1 spiro atoms. The van der Waals surface area contributed by atoms with Crippen LogP contribution in [0.2, 0.25) is 5.02 Å². The molecule has 0 saturated carbocycles. The molecule has 0 bridgehead atoms. The van der Waals surface area contributed by atoms with E-state index in [0.717, 1.165) is 69.7 Å². The first-order valence-corrected chi connectivity index (χ1v) is 17.5. The normalized spacial score (nSPS) is 18.0. The number of nitrogens with zero attached hydrogens (tertiary/aromatic N) is 5. The van der Waals surface area contributed by atoms with Crippen molar-refractivity contribution in [2.45, 2.75) is 32.0 Å². The van der Waals surface area contributed by atoms with Crippen LogP contribution < -0.4 is 19.5 Å². The van der Waals surface area contributed by atoms with E-state index in [1.807, 2.05) is 66.3 Å². The zero-order chi connectivity index (χ0) is 35.5. The Morgan fingerprint density at radius 1 is 0.882 bits per heavy atom. The number of amides is 1. The molecule has 51 heavy (non-hydrogen) atoms. The van der Waals surface area contributed by atoms with Crippen LogP contribution in [0.4, 0.5) is 0 Å². The van der Waals surface area contributed by atoms with Gasteiger partial charge in [0.05, 0.1) is 60.6 Å². The van der Waals surface area contributed by atoms with E-state index in [1.54, 1.807) is 21.3 Å². The van der Waals surface area contributed by atoms with Gasteiger partial charge in [0.1, 0.15) is 11.5 Å². The molecule has 0 radical (unpaired) electrons.